The summed E-state index contributed by atoms with van der Waals surface area (Å²) >= 11 is 0. The first-order chi connectivity index (χ1) is 7.63. The Morgan fingerprint density at radius 2 is 1.94 bits per heavy atom. The predicted octanol–water partition coefficient (Wildman–Crippen LogP) is 1.09. The van der Waals surface area contributed by atoms with Crippen molar-refractivity contribution >= 4 is 17.7 Å². The van der Waals surface area contributed by atoms with Crippen molar-refractivity contribution in [1.82, 2.24) is 5.48 Å². The van der Waals surface area contributed by atoms with E-state index in [1.54, 1.807) is 19.1 Å². The van der Waals surface area contributed by atoms with Crippen LogP contribution in [0.4, 0.5) is 10.5 Å². The van der Waals surface area contributed by atoms with E-state index in [2.05, 4.69) is 9.57 Å². The zero-order valence-corrected chi connectivity index (χ0v) is 8.73. The van der Waals surface area contributed by atoms with Crippen LogP contribution < -0.4 is 11.2 Å². The maximum Gasteiger partial charge on any atom is 0.440 e. The molecule has 16 heavy (non-hydrogen) atoms. The van der Waals surface area contributed by atoms with Crippen LogP contribution in [0.15, 0.2) is 24.3 Å². The fourth-order valence-corrected chi connectivity index (χ4v) is 0.927. The number of hydrogen-bond donors (Lipinski definition) is 2. The summed E-state index contributed by atoms with van der Waals surface area (Å²) in [6.07, 6.45) is -0.814. The number of amides is 1. The molecule has 0 heterocycles. The Bertz CT molecular complexity index is 375. The Morgan fingerprint density at radius 3 is 2.50 bits per heavy atom. The Balaban J connectivity index is 2.47. The van der Waals surface area contributed by atoms with Crippen molar-refractivity contribution in [3.63, 3.8) is 0 Å². The molecule has 0 unspecified atom stereocenters. The molecule has 0 radical (unpaired) electrons. The van der Waals surface area contributed by atoms with Gasteiger partial charge in [-0.25, -0.2) is 9.59 Å². The fourth-order valence-electron chi connectivity index (χ4n) is 0.927. The molecule has 0 saturated heterocycles. The van der Waals surface area contributed by atoms with Crippen LogP contribution in [0.5, 0.6) is 0 Å². The van der Waals surface area contributed by atoms with Crippen LogP contribution in [0.1, 0.15) is 17.3 Å². The van der Waals surface area contributed by atoms with Crippen molar-refractivity contribution in [2.45, 2.75) is 6.92 Å². The average Bonchev–Trinajstić information content (AvgIpc) is 2.27. The van der Waals surface area contributed by atoms with Crippen molar-refractivity contribution < 1.29 is 19.2 Å². The highest BCUT2D eigenvalue weighted by atomic mass is 16.7. The molecule has 1 amide bonds. The number of rotatable bonds is 2. The molecule has 1 aromatic rings. The van der Waals surface area contributed by atoms with Gasteiger partial charge in [-0.2, -0.15) is 0 Å². The quantitative estimate of drug-likeness (QED) is 0.579. The second-order valence-corrected chi connectivity index (χ2v) is 2.83. The van der Waals surface area contributed by atoms with Gasteiger partial charge in [-0.1, -0.05) is 0 Å². The van der Waals surface area contributed by atoms with E-state index in [-0.39, 0.29) is 12.2 Å². The van der Waals surface area contributed by atoms with E-state index in [0.717, 1.165) is 0 Å². The number of carbonyl (C=O) groups excluding carboxylic acids is 2. The second-order valence-electron chi connectivity index (χ2n) is 2.83. The fraction of sp³-hybridized carbons (Fsp3) is 0.200. The van der Waals surface area contributed by atoms with Gasteiger partial charge in [0.15, 0.2) is 0 Å². The lowest BCUT2D eigenvalue weighted by Gasteiger charge is -2.05. The number of nitrogen functional groups attached to an aromatic ring is 1. The summed E-state index contributed by atoms with van der Waals surface area (Å²) in [6, 6.07) is 6.09. The molecule has 3 N–H and O–H groups in total. The summed E-state index contributed by atoms with van der Waals surface area (Å²) in [5.41, 5.74) is 8.12. The van der Waals surface area contributed by atoms with E-state index in [0.29, 0.717) is 5.69 Å². The second kappa shape index (κ2) is 5.59. The molecule has 0 spiro atoms. The maximum atomic E-state index is 11.3. The van der Waals surface area contributed by atoms with E-state index in [1.165, 1.54) is 12.1 Å². The summed E-state index contributed by atoms with van der Waals surface area (Å²) < 4.78 is 4.50. The minimum atomic E-state index is -0.814. The molecule has 6 nitrogen and oxygen atoms in total. The SMILES string of the molecule is CCOC(=O)NOC(=O)c1ccc(N)cc1. The molecule has 0 atom stereocenters. The Labute approximate surface area is 92.3 Å². The van der Waals surface area contributed by atoms with Gasteiger partial charge >= 0.3 is 12.1 Å². The normalized spacial score (nSPS) is 9.31. The number of carbonyl (C=O) groups is 2. The molecule has 6 heteroatoms. The van der Waals surface area contributed by atoms with Crippen LogP contribution in [0, 0.1) is 0 Å². The molecule has 1 rings (SSSR count). The van der Waals surface area contributed by atoms with Gasteiger partial charge in [0.2, 0.25) is 0 Å². The molecule has 86 valence electrons. The Morgan fingerprint density at radius 1 is 1.31 bits per heavy atom. The van der Waals surface area contributed by atoms with Crippen molar-refractivity contribution in [3.05, 3.63) is 29.8 Å². The van der Waals surface area contributed by atoms with Crippen LogP contribution in [0.25, 0.3) is 0 Å². The summed E-state index contributed by atoms with van der Waals surface area (Å²) in [5.74, 6) is -0.687. The zero-order chi connectivity index (χ0) is 12.0. The highest BCUT2D eigenvalue weighted by molar-refractivity contribution is 5.90. The number of ether oxygens (including phenoxy) is 1. The van der Waals surface area contributed by atoms with Crippen LogP contribution in [-0.2, 0) is 9.57 Å². The van der Waals surface area contributed by atoms with Gasteiger partial charge < -0.3 is 15.3 Å². The number of hydrogen-bond acceptors (Lipinski definition) is 5. The minimum Gasteiger partial charge on any atom is -0.448 e. The average molecular weight is 224 g/mol. The van der Waals surface area contributed by atoms with Crippen molar-refractivity contribution in [2.75, 3.05) is 12.3 Å². The zero-order valence-electron chi connectivity index (χ0n) is 8.73. The summed E-state index contributed by atoms with van der Waals surface area (Å²) in [6.45, 7) is 1.84. The highest BCUT2D eigenvalue weighted by Crippen LogP contribution is 2.06. The first-order valence-electron chi connectivity index (χ1n) is 4.63. The van der Waals surface area contributed by atoms with Gasteiger partial charge in [-0.3, -0.25) is 0 Å². The lowest BCUT2D eigenvalue weighted by Crippen LogP contribution is -2.27. The molecule has 1 aromatic carbocycles. The van der Waals surface area contributed by atoms with Gasteiger partial charge in [0.1, 0.15) is 0 Å². The smallest absolute Gasteiger partial charge is 0.440 e. The van der Waals surface area contributed by atoms with Crippen LogP contribution in [0.3, 0.4) is 0 Å². The van der Waals surface area contributed by atoms with Crippen molar-refractivity contribution in [1.29, 1.82) is 0 Å². The van der Waals surface area contributed by atoms with Crippen LogP contribution >= 0.6 is 0 Å². The number of hydroxylamine groups is 1. The molecule has 0 saturated carbocycles. The molecule has 0 bridgehead atoms. The topological polar surface area (TPSA) is 90.6 Å². The lowest BCUT2D eigenvalue weighted by atomic mass is 10.2. The highest BCUT2D eigenvalue weighted by Gasteiger charge is 2.09. The molecule has 0 aliphatic carbocycles. The van der Waals surface area contributed by atoms with E-state index < -0.39 is 12.1 Å². The van der Waals surface area contributed by atoms with E-state index >= 15 is 0 Å². The van der Waals surface area contributed by atoms with Gasteiger partial charge in [0.25, 0.3) is 0 Å². The van der Waals surface area contributed by atoms with Crippen LogP contribution in [-0.4, -0.2) is 18.7 Å². The molecule has 0 aliphatic rings. The number of nitrogens with one attached hydrogen (secondary N) is 1. The standard InChI is InChI=1S/C10H12N2O4/c1-2-15-10(14)12-16-9(13)7-3-5-8(11)6-4-7/h3-6H,2,11H2,1H3,(H,12,14). The first-order valence-corrected chi connectivity index (χ1v) is 4.63. The molecule has 0 fully saturated rings. The third-order valence-electron chi connectivity index (χ3n) is 1.65. The lowest BCUT2D eigenvalue weighted by molar-refractivity contribution is 0.0215. The maximum absolute atomic E-state index is 11.3. The van der Waals surface area contributed by atoms with Gasteiger partial charge in [0.05, 0.1) is 12.2 Å². The largest absolute Gasteiger partial charge is 0.448 e. The van der Waals surface area contributed by atoms with Crippen molar-refractivity contribution in [2.24, 2.45) is 0 Å². The number of benzene rings is 1. The molecule has 0 aliphatic heterocycles. The minimum absolute atomic E-state index is 0.200. The molecular weight excluding hydrogens is 212 g/mol. The summed E-state index contributed by atoms with van der Waals surface area (Å²) in [7, 11) is 0. The van der Waals surface area contributed by atoms with Gasteiger partial charge in [0, 0.05) is 5.69 Å². The predicted molar refractivity (Wildman–Crippen MR) is 56.4 cm³/mol. The van der Waals surface area contributed by atoms with Crippen molar-refractivity contribution in [3.8, 4) is 0 Å². The third kappa shape index (κ3) is 3.49. The Kier molecular flexibility index (Phi) is 4.14. The summed E-state index contributed by atoms with van der Waals surface area (Å²) in [5, 5.41) is 0. The third-order valence-corrected chi connectivity index (χ3v) is 1.65. The first kappa shape index (κ1) is 11.8. The van der Waals surface area contributed by atoms with Gasteiger partial charge in [-0.05, 0) is 31.2 Å². The monoisotopic (exact) mass is 224 g/mol. The van der Waals surface area contributed by atoms with E-state index in [4.69, 9.17) is 5.73 Å². The number of anilines is 1. The van der Waals surface area contributed by atoms with E-state index in [1.807, 2.05) is 5.48 Å². The molecular formula is C10H12N2O4. The molecule has 0 aromatic heterocycles. The Hall–Kier alpha value is -2.24. The van der Waals surface area contributed by atoms with Crippen LogP contribution in [0.2, 0.25) is 0 Å². The summed E-state index contributed by atoms with van der Waals surface area (Å²) in [4.78, 5) is 26.6. The van der Waals surface area contributed by atoms with Gasteiger partial charge in [-0.15, -0.1) is 5.48 Å². The number of nitrogens with two attached hydrogens (primary N) is 1. The van der Waals surface area contributed by atoms with E-state index in [9.17, 15) is 9.59 Å².